The Kier molecular flexibility index (Phi) is 8.16. The molecule has 176 valence electrons. The number of likely N-dealkylation sites (tertiary alicyclic amines) is 2. The average Bonchev–Trinajstić information content (AvgIpc) is 2.82. The molecule has 3 saturated heterocycles. The van der Waals surface area contributed by atoms with Crippen LogP contribution in [0.25, 0.3) is 0 Å². The number of rotatable bonds is 6. The van der Waals surface area contributed by atoms with Crippen LogP contribution in [0.1, 0.15) is 48.0 Å². The van der Waals surface area contributed by atoms with Crippen LogP contribution in [0.5, 0.6) is 0 Å². The number of ether oxygens (including phenoxy) is 1. The minimum atomic E-state index is -0.00727. The Hall–Kier alpha value is -1.96. The summed E-state index contributed by atoms with van der Waals surface area (Å²) in [5.74, 6) is 0.231. The maximum Gasteiger partial charge on any atom is 0.251 e. The minimum absolute atomic E-state index is 0.00727. The van der Waals surface area contributed by atoms with Crippen molar-refractivity contribution in [2.75, 3.05) is 59.0 Å². The summed E-state index contributed by atoms with van der Waals surface area (Å²) in [5, 5.41) is 3.17. The average molecular weight is 443 g/mol. The maximum atomic E-state index is 13.1. The molecule has 2 amide bonds. The Bertz CT molecular complexity index is 772. The molecule has 3 fully saturated rings. The molecule has 0 aromatic heterocycles. The molecule has 7 heteroatoms. The van der Waals surface area contributed by atoms with E-state index < -0.39 is 0 Å². The molecular formula is C25H38N4O3. The summed E-state index contributed by atoms with van der Waals surface area (Å²) in [5.41, 5.74) is 1.73. The van der Waals surface area contributed by atoms with Crippen LogP contribution in [0.4, 0.5) is 0 Å². The highest BCUT2D eigenvalue weighted by Gasteiger charge is 2.30. The summed E-state index contributed by atoms with van der Waals surface area (Å²) in [6.07, 6.45) is 5.25. The van der Waals surface area contributed by atoms with E-state index in [0.29, 0.717) is 12.6 Å². The van der Waals surface area contributed by atoms with Gasteiger partial charge in [-0.15, -0.1) is 0 Å². The van der Waals surface area contributed by atoms with E-state index in [9.17, 15) is 9.59 Å². The topological polar surface area (TPSA) is 65.1 Å². The van der Waals surface area contributed by atoms with Gasteiger partial charge in [-0.25, -0.2) is 0 Å². The highest BCUT2D eigenvalue weighted by Crippen LogP contribution is 2.20. The molecular weight excluding hydrogens is 404 g/mol. The van der Waals surface area contributed by atoms with Crippen molar-refractivity contribution in [1.29, 1.82) is 0 Å². The lowest BCUT2D eigenvalue weighted by molar-refractivity contribution is -0.134. The first-order valence-electron chi connectivity index (χ1n) is 12.3. The van der Waals surface area contributed by atoms with Crippen molar-refractivity contribution < 1.29 is 14.3 Å². The van der Waals surface area contributed by atoms with Gasteiger partial charge in [0.1, 0.15) is 0 Å². The van der Waals surface area contributed by atoms with Gasteiger partial charge in [0.15, 0.2) is 0 Å². The van der Waals surface area contributed by atoms with Crippen LogP contribution in [-0.4, -0.2) is 97.6 Å². The van der Waals surface area contributed by atoms with Gasteiger partial charge >= 0.3 is 0 Å². The van der Waals surface area contributed by atoms with E-state index in [1.807, 2.05) is 36.1 Å². The van der Waals surface area contributed by atoms with Crippen molar-refractivity contribution >= 4 is 11.8 Å². The molecule has 3 heterocycles. The maximum absolute atomic E-state index is 13.1. The first kappa shape index (κ1) is 23.2. The summed E-state index contributed by atoms with van der Waals surface area (Å²) in [6.45, 7) is 9.63. The van der Waals surface area contributed by atoms with Crippen LogP contribution in [0, 0.1) is 6.92 Å². The van der Waals surface area contributed by atoms with Crippen LogP contribution >= 0.6 is 0 Å². The summed E-state index contributed by atoms with van der Waals surface area (Å²) >= 11 is 0. The number of nitrogens with zero attached hydrogens (tertiary/aromatic N) is 3. The predicted molar refractivity (Wildman–Crippen MR) is 125 cm³/mol. The first-order valence-corrected chi connectivity index (χ1v) is 12.3. The zero-order valence-electron chi connectivity index (χ0n) is 19.4. The van der Waals surface area contributed by atoms with Gasteiger partial charge in [0.2, 0.25) is 5.91 Å². The van der Waals surface area contributed by atoms with Crippen molar-refractivity contribution in [3.63, 3.8) is 0 Å². The quantitative estimate of drug-likeness (QED) is 0.729. The van der Waals surface area contributed by atoms with E-state index in [1.165, 1.54) is 19.3 Å². The highest BCUT2D eigenvalue weighted by molar-refractivity contribution is 5.95. The normalized spacial score (nSPS) is 23.8. The Balaban J connectivity index is 1.23. The van der Waals surface area contributed by atoms with E-state index in [4.69, 9.17) is 4.74 Å². The van der Waals surface area contributed by atoms with E-state index in [1.54, 1.807) is 0 Å². The van der Waals surface area contributed by atoms with Gasteiger partial charge in [0, 0.05) is 50.4 Å². The van der Waals surface area contributed by atoms with Gasteiger partial charge in [0.05, 0.1) is 19.8 Å². The van der Waals surface area contributed by atoms with E-state index in [2.05, 4.69) is 15.1 Å². The number of carbonyl (C=O) groups excluding carboxylic acids is 2. The molecule has 3 aliphatic rings. The number of hydrogen-bond acceptors (Lipinski definition) is 5. The largest absolute Gasteiger partial charge is 0.379 e. The van der Waals surface area contributed by atoms with Gasteiger partial charge in [-0.05, 0) is 50.8 Å². The smallest absolute Gasteiger partial charge is 0.251 e. The van der Waals surface area contributed by atoms with Crippen LogP contribution in [0.3, 0.4) is 0 Å². The standard InChI is InChI=1S/C25H38N4O3/c1-20-6-2-3-8-23(20)25(31)26-21-9-12-28(13-10-21)24(30)19-29-11-5-4-7-22(29)18-27-14-16-32-17-15-27/h2-3,6,8,21-22H,4-5,7,9-19H2,1H3,(H,26,31). The summed E-state index contributed by atoms with van der Waals surface area (Å²) < 4.78 is 5.48. The van der Waals surface area contributed by atoms with Crippen LogP contribution < -0.4 is 5.32 Å². The number of amides is 2. The number of nitrogens with one attached hydrogen (secondary N) is 1. The predicted octanol–water partition coefficient (Wildman–Crippen LogP) is 1.90. The second-order valence-corrected chi connectivity index (χ2v) is 9.48. The molecule has 0 saturated carbocycles. The lowest BCUT2D eigenvalue weighted by Crippen LogP contribution is -2.54. The number of hydrogen-bond donors (Lipinski definition) is 1. The first-order chi connectivity index (χ1) is 15.6. The molecule has 7 nitrogen and oxygen atoms in total. The van der Waals surface area contributed by atoms with Crippen LogP contribution in [0.15, 0.2) is 24.3 Å². The molecule has 0 spiro atoms. The van der Waals surface area contributed by atoms with E-state index in [0.717, 1.165) is 76.5 Å². The number of piperidine rings is 2. The van der Waals surface area contributed by atoms with Gasteiger partial charge < -0.3 is 15.0 Å². The van der Waals surface area contributed by atoms with Crippen molar-refractivity contribution in [1.82, 2.24) is 20.0 Å². The second-order valence-electron chi connectivity index (χ2n) is 9.48. The van der Waals surface area contributed by atoms with Gasteiger partial charge in [0.25, 0.3) is 5.91 Å². The Morgan fingerprint density at radius 1 is 1.00 bits per heavy atom. The number of morpholine rings is 1. The Morgan fingerprint density at radius 2 is 1.75 bits per heavy atom. The van der Waals surface area contributed by atoms with Gasteiger partial charge in [-0.3, -0.25) is 19.4 Å². The number of aryl methyl sites for hydroxylation is 1. The van der Waals surface area contributed by atoms with Crippen LogP contribution in [-0.2, 0) is 9.53 Å². The highest BCUT2D eigenvalue weighted by atomic mass is 16.5. The number of carbonyl (C=O) groups is 2. The van der Waals surface area contributed by atoms with E-state index in [-0.39, 0.29) is 17.9 Å². The molecule has 0 radical (unpaired) electrons. The molecule has 3 aliphatic heterocycles. The van der Waals surface area contributed by atoms with Crippen molar-refractivity contribution in [2.45, 2.75) is 51.1 Å². The molecule has 1 atom stereocenters. The monoisotopic (exact) mass is 442 g/mol. The zero-order chi connectivity index (χ0) is 22.3. The molecule has 1 N–H and O–H groups in total. The molecule has 4 rings (SSSR count). The number of benzene rings is 1. The lowest BCUT2D eigenvalue weighted by Gasteiger charge is -2.40. The molecule has 32 heavy (non-hydrogen) atoms. The van der Waals surface area contributed by atoms with Gasteiger partial charge in [-0.2, -0.15) is 0 Å². The third kappa shape index (κ3) is 6.09. The fourth-order valence-corrected chi connectivity index (χ4v) is 5.19. The van der Waals surface area contributed by atoms with Crippen molar-refractivity contribution in [3.05, 3.63) is 35.4 Å². The molecule has 0 aliphatic carbocycles. The summed E-state index contributed by atoms with van der Waals surface area (Å²) in [6, 6.07) is 8.28. The van der Waals surface area contributed by atoms with Crippen LogP contribution in [0.2, 0.25) is 0 Å². The fourth-order valence-electron chi connectivity index (χ4n) is 5.19. The molecule has 1 aromatic carbocycles. The zero-order valence-corrected chi connectivity index (χ0v) is 19.4. The second kappa shape index (κ2) is 11.3. The third-order valence-corrected chi connectivity index (χ3v) is 7.23. The summed E-state index contributed by atoms with van der Waals surface area (Å²) in [4.78, 5) is 32.6. The molecule has 0 bridgehead atoms. The minimum Gasteiger partial charge on any atom is -0.379 e. The van der Waals surface area contributed by atoms with Gasteiger partial charge in [-0.1, -0.05) is 24.6 Å². The molecule has 1 unspecified atom stereocenters. The fraction of sp³-hybridized carbons (Fsp3) is 0.680. The summed E-state index contributed by atoms with van der Waals surface area (Å²) in [7, 11) is 0. The SMILES string of the molecule is Cc1ccccc1C(=O)NC1CCN(C(=O)CN2CCCCC2CN2CCOCC2)CC1. The Labute approximate surface area is 192 Å². The van der Waals surface area contributed by atoms with Crippen molar-refractivity contribution in [3.8, 4) is 0 Å². The van der Waals surface area contributed by atoms with E-state index >= 15 is 0 Å². The lowest BCUT2D eigenvalue weighted by atomic mass is 10.0. The third-order valence-electron chi connectivity index (χ3n) is 7.23. The molecule has 1 aromatic rings. The Morgan fingerprint density at radius 3 is 2.50 bits per heavy atom. The van der Waals surface area contributed by atoms with Crippen molar-refractivity contribution in [2.24, 2.45) is 0 Å².